The van der Waals surface area contributed by atoms with E-state index in [9.17, 15) is 19.2 Å². The van der Waals surface area contributed by atoms with E-state index in [0.717, 1.165) is 11.1 Å². The van der Waals surface area contributed by atoms with Crippen LogP contribution in [0.1, 0.15) is 32.8 Å². The highest BCUT2D eigenvalue weighted by atomic mass is 19.1. The molecule has 0 spiro atoms. The maximum absolute atomic E-state index is 11.7. The lowest BCUT2D eigenvalue weighted by Gasteiger charge is -2.16. The number of esters is 1. The number of hydrogen-bond acceptors (Lipinski definition) is 8. The number of fused-ring (bicyclic) bond motifs is 2. The molecule has 0 radical (unpaired) electrons. The standard InChI is InChI=1S/C13H17BO5.C7H7BO3.CH3F/c1-3-12(13(15)17-4-2)19-10-6-5-9-8-18-14(16)11(9)7-10;9-6-2-1-5-4-11-8(10)7(5)3-6;1-2/h5-7,12,16H,3-4,8H2,1-2H3;1-3,9-10H,4H2;1H3/i;;1D. The smallest absolute Gasteiger partial charge is 0.491 e. The molecular weight excluding hydrogens is 421 g/mol. The summed E-state index contributed by atoms with van der Waals surface area (Å²) < 4.78 is 36.1. The van der Waals surface area contributed by atoms with E-state index in [0.29, 0.717) is 42.9 Å². The van der Waals surface area contributed by atoms with E-state index in [4.69, 9.17) is 25.3 Å². The summed E-state index contributed by atoms with van der Waals surface area (Å²) in [5, 5.41) is 27.8. The molecule has 0 saturated heterocycles. The van der Waals surface area contributed by atoms with E-state index in [-0.39, 0.29) is 11.7 Å². The van der Waals surface area contributed by atoms with Crippen LogP contribution in [0.15, 0.2) is 36.4 Å². The minimum atomic E-state index is -1.00. The van der Waals surface area contributed by atoms with Gasteiger partial charge in [-0.25, -0.2) is 4.79 Å². The Morgan fingerprint density at radius 2 is 1.69 bits per heavy atom. The van der Waals surface area contributed by atoms with Gasteiger partial charge in [-0.2, -0.15) is 0 Å². The van der Waals surface area contributed by atoms with Crippen LogP contribution in [0, 0.1) is 0 Å². The second-order valence-electron chi connectivity index (χ2n) is 6.84. The molecule has 2 aromatic carbocycles. The lowest BCUT2D eigenvalue weighted by atomic mass is 9.79. The first-order valence-electron chi connectivity index (χ1n) is 10.8. The summed E-state index contributed by atoms with van der Waals surface area (Å²) in [7, 11) is -2.78. The van der Waals surface area contributed by atoms with Gasteiger partial charge < -0.3 is 33.9 Å². The number of rotatable bonds is 5. The first-order valence-corrected chi connectivity index (χ1v) is 10.1. The third kappa shape index (κ3) is 6.46. The predicted octanol–water partition coefficient (Wildman–Crippen LogP) is 0.820. The summed E-state index contributed by atoms with van der Waals surface area (Å²) in [6.45, 7) is 4.76. The Kier molecular flexibility index (Phi) is 9.36. The van der Waals surface area contributed by atoms with Gasteiger partial charge in [0.25, 0.3) is 0 Å². The zero-order valence-electron chi connectivity index (χ0n) is 19.0. The molecule has 4 rings (SSSR count). The van der Waals surface area contributed by atoms with Crippen LogP contribution in [0.2, 0.25) is 0 Å². The highest BCUT2D eigenvalue weighted by Crippen LogP contribution is 2.18. The highest BCUT2D eigenvalue weighted by Gasteiger charge is 2.29. The normalized spacial score (nSPS) is 14.7. The number of aromatic hydroxyl groups is 1. The van der Waals surface area contributed by atoms with Crippen LogP contribution in [0.4, 0.5) is 4.39 Å². The number of hydrogen-bond donors (Lipinski definition) is 3. The molecule has 0 aromatic heterocycles. The number of halogens is 1. The first kappa shape index (κ1) is 24.1. The second-order valence-corrected chi connectivity index (χ2v) is 6.84. The van der Waals surface area contributed by atoms with Crippen molar-refractivity contribution in [1.29, 1.82) is 0 Å². The Morgan fingerprint density at radius 3 is 2.25 bits per heavy atom. The molecule has 172 valence electrons. The van der Waals surface area contributed by atoms with Crippen molar-refractivity contribution in [2.24, 2.45) is 0 Å². The van der Waals surface area contributed by atoms with Crippen LogP contribution in [0.5, 0.6) is 11.5 Å². The van der Waals surface area contributed by atoms with Crippen molar-refractivity contribution in [1.82, 2.24) is 0 Å². The molecule has 3 N–H and O–H groups in total. The Labute approximate surface area is 188 Å². The topological polar surface area (TPSA) is 115 Å². The van der Waals surface area contributed by atoms with Crippen LogP contribution in [0.3, 0.4) is 0 Å². The van der Waals surface area contributed by atoms with Crippen molar-refractivity contribution in [3.8, 4) is 11.5 Å². The van der Waals surface area contributed by atoms with Gasteiger partial charge in [-0.15, -0.1) is 0 Å². The van der Waals surface area contributed by atoms with Crippen LogP contribution in [0.25, 0.3) is 0 Å². The van der Waals surface area contributed by atoms with Crippen molar-refractivity contribution in [2.45, 2.75) is 39.6 Å². The molecule has 1 unspecified atom stereocenters. The number of phenolic OH excluding ortho intramolecular Hbond substituents is 1. The molecule has 2 aliphatic rings. The molecule has 1 atom stereocenters. The fraction of sp³-hybridized carbons (Fsp3) is 0.381. The minimum absolute atomic E-state index is 0.160. The van der Waals surface area contributed by atoms with Gasteiger partial charge in [-0.3, -0.25) is 4.39 Å². The highest BCUT2D eigenvalue weighted by molar-refractivity contribution is 6.62. The van der Waals surface area contributed by atoms with Gasteiger partial charge in [-0.1, -0.05) is 19.1 Å². The Bertz CT molecular complexity index is 920. The lowest BCUT2D eigenvalue weighted by Crippen LogP contribution is -2.31. The van der Waals surface area contributed by atoms with E-state index in [1.54, 1.807) is 31.2 Å². The van der Waals surface area contributed by atoms with E-state index in [2.05, 4.69) is 0 Å². The molecule has 2 heterocycles. The number of carbonyl (C=O) groups is 1. The number of carbonyl (C=O) groups excluding carboxylic acids is 1. The summed E-state index contributed by atoms with van der Waals surface area (Å²) in [5.41, 5.74) is 3.24. The average Bonchev–Trinajstić information content (AvgIpc) is 3.35. The van der Waals surface area contributed by atoms with Gasteiger partial charge in [0.2, 0.25) is 0 Å². The predicted molar refractivity (Wildman–Crippen MR) is 118 cm³/mol. The van der Waals surface area contributed by atoms with Crippen molar-refractivity contribution in [3.05, 3.63) is 47.5 Å². The van der Waals surface area contributed by atoms with Gasteiger partial charge in [0.05, 0.1) is 28.3 Å². The van der Waals surface area contributed by atoms with E-state index >= 15 is 0 Å². The van der Waals surface area contributed by atoms with Crippen molar-refractivity contribution in [2.75, 3.05) is 13.8 Å². The molecule has 0 bridgehead atoms. The molecule has 8 nitrogen and oxygen atoms in total. The summed E-state index contributed by atoms with van der Waals surface area (Å²) in [5.74, 6) is 0.318. The Balaban J connectivity index is 0.000000231. The largest absolute Gasteiger partial charge is 0.508 e. The van der Waals surface area contributed by atoms with Crippen molar-refractivity contribution >= 4 is 31.1 Å². The Morgan fingerprint density at radius 1 is 1.12 bits per heavy atom. The van der Waals surface area contributed by atoms with Gasteiger partial charge in [0, 0.05) is 0 Å². The number of phenols is 1. The van der Waals surface area contributed by atoms with Crippen LogP contribution in [-0.2, 0) is 32.1 Å². The van der Waals surface area contributed by atoms with Crippen molar-refractivity contribution < 1.29 is 44.5 Å². The third-order valence-corrected chi connectivity index (χ3v) is 4.77. The SMILES string of the molecule is CCOC(=O)C(CC)Oc1ccc2c(c1)B(O)OC2.OB1OCc2ccc(O)cc21.[2H]CF. The first-order chi connectivity index (χ1) is 15.8. The molecule has 0 saturated carbocycles. The monoisotopic (exact) mass is 449 g/mol. The number of benzene rings is 2. The summed E-state index contributed by atoms with van der Waals surface area (Å²) >= 11 is 0. The van der Waals surface area contributed by atoms with Gasteiger partial charge >= 0.3 is 20.2 Å². The fourth-order valence-electron chi connectivity index (χ4n) is 3.17. The van der Waals surface area contributed by atoms with Crippen LogP contribution < -0.4 is 15.7 Å². The molecule has 0 amide bonds. The van der Waals surface area contributed by atoms with E-state index in [1.807, 2.05) is 13.0 Å². The Hall–Kier alpha value is -2.59. The number of alkyl halides is 1. The van der Waals surface area contributed by atoms with Gasteiger partial charge in [0.15, 0.2) is 6.10 Å². The van der Waals surface area contributed by atoms with E-state index in [1.165, 1.54) is 6.07 Å². The lowest BCUT2D eigenvalue weighted by molar-refractivity contribution is -0.151. The zero-order chi connectivity index (χ0) is 24.4. The third-order valence-electron chi connectivity index (χ3n) is 4.77. The quantitative estimate of drug-likeness (QED) is 0.455. The van der Waals surface area contributed by atoms with Crippen molar-refractivity contribution in [3.63, 3.8) is 0 Å². The maximum Gasteiger partial charge on any atom is 0.491 e. The number of ether oxygens (including phenoxy) is 2. The summed E-state index contributed by atoms with van der Waals surface area (Å²) in [6, 6.07) is 10.2. The van der Waals surface area contributed by atoms with Crippen LogP contribution >= 0.6 is 0 Å². The molecule has 2 aliphatic heterocycles. The molecular formula is C21H27B2FO8. The maximum atomic E-state index is 11.7. The molecule has 0 fully saturated rings. The fourth-order valence-corrected chi connectivity index (χ4v) is 3.17. The summed E-state index contributed by atoms with van der Waals surface area (Å²) in [6.07, 6.45) is -0.105. The van der Waals surface area contributed by atoms with E-state index < -0.39 is 27.5 Å². The summed E-state index contributed by atoms with van der Waals surface area (Å²) in [4.78, 5) is 11.7. The van der Waals surface area contributed by atoms with Gasteiger partial charge in [-0.05, 0) is 59.7 Å². The molecule has 32 heavy (non-hydrogen) atoms. The van der Waals surface area contributed by atoms with Gasteiger partial charge in [0.1, 0.15) is 11.5 Å². The molecule has 0 aliphatic carbocycles. The minimum Gasteiger partial charge on any atom is -0.508 e. The zero-order valence-corrected chi connectivity index (χ0v) is 18.0. The molecule has 11 heteroatoms. The second kappa shape index (κ2) is 12.4. The molecule has 2 aromatic rings. The average molecular weight is 449 g/mol. The van der Waals surface area contributed by atoms with Crippen LogP contribution in [-0.4, -0.2) is 55.2 Å².